The quantitative estimate of drug-likeness (QED) is 0.557. The van der Waals surface area contributed by atoms with Crippen molar-refractivity contribution < 1.29 is 27.1 Å². The highest BCUT2D eigenvalue weighted by Crippen LogP contribution is 2.37. The number of H-pyrrole nitrogens is 1. The van der Waals surface area contributed by atoms with Crippen LogP contribution in [0.5, 0.6) is 5.75 Å². The summed E-state index contributed by atoms with van der Waals surface area (Å²) in [4.78, 5) is 24.3. The van der Waals surface area contributed by atoms with E-state index in [2.05, 4.69) is 26.7 Å². The molecule has 1 aromatic carbocycles. The van der Waals surface area contributed by atoms with E-state index in [1.807, 2.05) is 6.07 Å². The van der Waals surface area contributed by atoms with E-state index in [9.17, 15) is 22.4 Å². The summed E-state index contributed by atoms with van der Waals surface area (Å²) >= 11 is 0. The van der Waals surface area contributed by atoms with Gasteiger partial charge in [0.1, 0.15) is 17.2 Å². The van der Waals surface area contributed by atoms with Gasteiger partial charge >= 0.3 is 6.36 Å². The molecule has 34 heavy (non-hydrogen) atoms. The lowest BCUT2D eigenvalue weighted by molar-refractivity contribution is -0.274. The standard InChI is InChI=1S/C24H24F4N4O2/c1-31-12-16(13-31)20-10-18-21(19(25)11-29-22(18)30-20)14-6-8-32(9-7-14)23(33)15-2-4-17(5-3-15)34-24(26,27)28/h2-5,10-11,14,16H,6-9,12-13H2,1H3,(H,29,30). The van der Waals surface area contributed by atoms with Crippen molar-refractivity contribution in [3.05, 3.63) is 59.2 Å². The fourth-order valence-electron chi connectivity index (χ4n) is 4.97. The molecular formula is C24H24F4N4O2. The maximum Gasteiger partial charge on any atom is 0.573 e. The normalized spacial score (nSPS) is 18.3. The van der Waals surface area contributed by atoms with E-state index in [-0.39, 0.29) is 29.0 Å². The smallest absolute Gasteiger partial charge is 0.406 e. The Morgan fingerprint density at radius 1 is 1.12 bits per heavy atom. The highest BCUT2D eigenvalue weighted by Gasteiger charge is 2.32. The van der Waals surface area contributed by atoms with Crippen molar-refractivity contribution in [2.24, 2.45) is 0 Å². The maximum absolute atomic E-state index is 14.9. The maximum atomic E-state index is 14.9. The zero-order valence-electron chi connectivity index (χ0n) is 18.5. The van der Waals surface area contributed by atoms with Crippen molar-refractivity contribution in [2.75, 3.05) is 33.2 Å². The van der Waals surface area contributed by atoms with Gasteiger partial charge < -0.3 is 19.5 Å². The lowest BCUT2D eigenvalue weighted by atomic mass is 9.87. The molecule has 2 saturated heterocycles. The van der Waals surface area contributed by atoms with Crippen LogP contribution >= 0.6 is 0 Å². The summed E-state index contributed by atoms with van der Waals surface area (Å²) in [5, 5.41) is 0.801. The molecular weight excluding hydrogens is 452 g/mol. The molecule has 0 unspecified atom stereocenters. The molecule has 1 amide bonds. The zero-order chi connectivity index (χ0) is 24.0. The number of pyridine rings is 1. The number of carbonyl (C=O) groups excluding carboxylic acids is 1. The Labute approximate surface area is 193 Å². The van der Waals surface area contributed by atoms with E-state index in [1.54, 1.807) is 4.90 Å². The van der Waals surface area contributed by atoms with Gasteiger partial charge in [0.15, 0.2) is 0 Å². The number of rotatable bonds is 4. The van der Waals surface area contributed by atoms with Crippen LogP contribution in [-0.2, 0) is 0 Å². The van der Waals surface area contributed by atoms with Crippen LogP contribution in [0, 0.1) is 5.82 Å². The monoisotopic (exact) mass is 476 g/mol. The van der Waals surface area contributed by atoms with Crippen LogP contribution in [0.1, 0.15) is 46.3 Å². The first-order valence-electron chi connectivity index (χ1n) is 11.2. The van der Waals surface area contributed by atoms with Crippen LogP contribution in [-0.4, -0.2) is 65.3 Å². The van der Waals surface area contributed by atoms with E-state index < -0.39 is 6.36 Å². The SMILES string of the molecule is CN1CC(c2cc3c(C4CCN(C(=O)c5ccc(OC(F)(F)F)cc5)CC4)c(F)cnc3[nH]2)C1. The Morgan fingerprint density at radius 3 is 2.41 bits per heavy atom. The van der Waals surface area contributed by atoms with Gasteiger partial charge in [-0.15, -0.1) is 13.2 Å². The Bertz CT molecular complexity index is 1190. The van der Waals surface area contributed by atoms with E-state index in [4.69, 9.17) is 0 Å². The van der Waals surface area contributed by atoms with Crippen LogP contribution in [0.25, 0.3) is 11.0 Å². The second kappa shape index (κ2) is 8.57. The first kappa shape index (κ1) is 22.6. The number of nitrogens with one attached hydrogen (secondary N) is 1. The van der Waals surface area contributed by atoms with Gasteiger partial charge in [-0.05, 0) is 56.1 Å². The second-order valence-corrected chi connectivity index (χ2v) is 9.06. The third kappa shape index (κ3) is 4.46. The number of ether oxygens (including phenoxy) is 1. The summed E-state index contributed by atoms with van der Waals surface area (Å²) in [5.41, 5.74) is 2.67. The number of nitrogens with zero attached hydrogens (tertiary/aromatic N) is 3. The molecule has 0 radical (unpaired) electrons. The van der Waals surface area contributed by atoms with Crippen LogP contribution in [0.15, 0.2) is 36.5 Å². The molecule has 6 nitrogen and oxygen atoms in total. The third-order valence-corrected chi connectivity index (χ3v) is 6.70. The number of piperidine rings is 1. The average Bonchev–Trinajstić information content (AvgIpc) is 3.20. The number of hydrogen-bond donors (Lipinski definition) is 1. The molecule has 4 heterocycles. The van der Waals surface area contributed by atoms with Gasteiger partial charge in [-0.1, -0.05) is 0 Å². The minimum Gasteiger partial charge on any atom is -0.406 e. The molecule has 10 heteroatoms. The highest BCUT2D eigenvalue weighted by molar-refractivity contribution is 5.94. The molecule has 0 saturated carbocycles. The Balaban J connectivity index is 1.28. The van der Waals surface area contributed by atoms with Gasteiger partial charge in [0.25, 0.3) is 5.91 Å². The predicted molar refractivity (Wildman–Crippen MR) is 117 cm³/mol. The second-order valence-electron chi connectivity index (χ2n) is 9.06. The van der Waals surface area contributed by atoms with Crippen LogP contribution in [0.4, 0.5) is 17.6 Å². The molecule has 180 valence electrons. The Kier molecular flexibility index (Phi) is 5.71. The van der Waals surface area contributed by atoms with Crippen molar-refractivity contribution in [2.45, 2.75) is 31.0 Å². The van der Waals surface area contributed by atoms with Crippen molar-refractivity contribution in [3.63, 3.8) is 0 Å². The first-order valence-corrected chi connectivity index (χ1v) is 11.2. The number of halogens is 4. The summed E-state index contributed by atoms with van der Waals surface area (Å²) < 4.78 is 55.8. The van der Waals surface area contributed by atoms with E-state index in [1.165, 1.54) is 18.3 Å². The van der Waals surface area contributed by atoms with Gasteiger partial charge in [0.2, 0.25) is 0 Å². The molecule has 1 N–H and O–H groups in total. The zero-order valence-corrected chi connectivity index (χ0v) is 18.5. The number of aromatic amines is 1. The number of likely N-dealkylation sites (N-methyl/N-ethyl adjacent to an activating group) is 1. The summed E-state index contributed by atoms with van der Waals surface area (Å²) in [7, 11) is 2.06. The van der Waals surface area contributed by atoms with Crippen LogP contribution < -0.4 is 4.74 Å². The number of amides is 1. The highest BCUT2D eigenvalue weighted by atomic mass is 19.4. The van der Waals surface area contributed by atoms with E-state index in [0.717, 1.165) is 36.3 Å². The van der Waals surface area contributed by atoms with Gasteiger partial charge in [0, 0.05) is 54.3 Å². The lowest BCUT2D eigenvalue weighted by Crippen LogP contribution is -2.41. The minimum atomic E-state index is -4.78. The number of fused-ring (bicyclic) bond motifs is 1. The first-order chi connectivity index (χ1) is 16.2. The Morgan fingerprint density at radius 2 is 1.79 bits per heavy atom. The van der Waals surface area contributed by atoms with Gasteiger partial charge in [-0.3, -0.25) is 4.79 Å². The van der Waals surface area contributed by atoms with Crippen LogP contribution in [0.2, 0.25) is 0 Å². The molecule has 0 spiro atoms. The molecule has 2 fully saturated rings. The van der Waals surface area contributed by atoms with Crippen molar-refractivity contribution >= 4 is 16.9 Å². The van der Waals surface area contributed by atoms with E-state index in [0.29, 0.717) is 43.1 Å². The lowest BCUT2D eigenvalue weighted by Gasteiger charge is -2.35. The number of aromatic nitrogens is 2. The molecule has 0 atom stereocenters. The van der Waals surface area contributed by atoms with Gasteiger partial charge in [0.05, 0.1) is 6.20 Å². The minimum absolute atomic E-state index is 0.0511. The van der Waals surface area contributed by atoms with Crippen molar-refractivity contribution in [1.82, 2.24) is 19.8 Å². The summed E-state index contributed by atoms with van der Waals surface area (Å²) in [6.07, 6.45) is -2.35. The largest absolute Gasteiger partial charge is 0.573 e. The number of benzene rings is 1. The fourth-order valence-corrected chi connectivity index (χ4v) is 4.97. The summed E-state index contributed by atoms with van der Waals surface area (Å²) in [6.45, 7) is 2.76. The summed E-state index contributed by atoms with van der Waals surface area (Å²) in [6, 6.07) is 6.90. The van der Waals surface area contributed by atoms with Crippen molar-refractivity contribution in [3.8, 4) is 5.75 Å². The van der Waals surface area contributed by atoms with E-state index >= 15 is 0 Å². The van der Waals surface area contributed by atoms with Crippen LogP contribution in [0.3, 0.4) is 0 Å². The average molecular weight is 476 g/mol. The Hall–Kier alpha value is -3.14. The molecule has 2 aromatic heterocycles. The molecule has 5 rings (SSSR count). The molecule has 2 aliphatic rings. The van der Waals surface area contributed by atoms with Crippen molar-refractivity contribution in [1.29, 1.82) is 0 Å². The molecule has 3 aromatic rings. The van der Waals surface area contributed by atoms with Gasteiger partial charge in [-0.25, -0.2) is 9.37 Å². The number of hydrogen-bond acceptors (Lipinski definition) is 4. The third-order valence-electron chi connectivity index (χ3n) is 6.70. The fraction of sp³-hybridized carbons (Fsp3) is 0.417. The molecule has 0 aliphatic carbocycles. The number of alkyl halides is 3. The number of carbonyl (C=O) groups is 1. The topological polar surface area (TPSA) is 61.5 Å². The number of likely N-dealkylation sites (tertiary alicyclic amines) is 2. The molecule has 0 bridgehead atoms. The predicted octanol–water partition coefficient (Wildman–Crippen LogP) is 4.65. The van der Waals surface area contributed by atoms with Gasteiger partial charge in [-0.2, -0.15) is 0 Å². The summed E-state index contributed by atoms with van der Waals surface area (Å²) in [5.74, 6) is -0.643. The molecule has 2 aliphatic heterocycles.